The Morgan fingerprint density at radius 1 is 0.289 bits per heavy atom. The number of benzene rings is 13. The number of furan rings is 3. The minimum absolute atomic E-state index is 0.0110. The van der Waals surface area contributed by atoms with Crippen LogP contribution in [0.2, 0.25) is 0 Å². The van der Waals surface area contributed by atoms with Gasteiger partial charge < -0.3 is 27.5 Å². The van der Waals surface area contributed by atoms with Crippen LogP contribution in [0.1, 0.15) is 52.7 Å². The van der Waals surface area contributed by atoms with Crippen LogP contribution < -0.4 is 9.80 Å². The van der Waals surface area contributed by atoms with E-state index in [-0.39, 0.29) is 10.8 Å². The van der Waals surface area contributed by atoms with Gasteiger partial charge in [0, 0.05) is 76.7 Å². The molecule has 0 aliphatic carbocycles. The number of nitrogens with zero attached hydrogens (tertiary/aromatic N) is 3. The lowest BCUT2D eigenvalue weighted by atomic mass is 9.87. The van der Waals surface area contributed by atoms with Crippen LogP contribution in [0, 0.1) is 0 Å². The third-order valence-electron chi connectivity index (χ3n) is 19.0. The van der Waals surface area contributed by atoms with E-state index < -0.39 is 0 Å². The highest BCUT2D eigenvalue weighted by atomic mass is 16.3. The SMILES string of the molecule is CC(C)(C)c1ccc(N(c2ccc3c(c2)oc2c4cc5c(cc4ccc32)c2ccc(N(c3ccc(C(C)(C)C)cc3)c3cccc4c3oc3cc(-c6ccccc6)ccc34)c3c4ccccc4n5c23)c2cccc3c2oc2cc(-c4ccccc4)ccc23)cc1. The fourth-order valence-electron chi connectivity index (χ4n) is 14.5. The van der Waals surface area contributed by atoms with Gasteiger partial charge in [0.2, 0.25) is 0 Å². The molecule has 0 aliphatic rings. The third-order valence-corrected chi connectivity index (χ3v) is 19.0. The van der Waals surface area contributed by atoms with Crippen LogP contribution in [0.3, 0.4) is 0 Å². The van der Waals surface area contributed by atoms with Crippen LogP contribution in [0.15, 0.2) is 274 Å². The Balaban J connectivity index is 0.815. The molecule has 6 heteroatoms. The summed E-state index contributed by atoms with van der Waals surface area (Å²) in [5, 5.41) is 13.4. The Hall–Kier alpha value is -11.1. The van der Waals surface area contributed by atoms with Crippen LogP contribution in [0.25, 0.3) is 137 Å². The molecule has 0 amide bonds. The molecule has 0 unspecified atom stereocenters. The number of rotatable bonds is 8. The maximum Gasteiger partial charge on any atom is 0.159 e. The molecule has 0 atom stereocenters. The summed E-state index contributed by atoms with van der Waals surface area (Å²) in [5.74, 6) is 0. The van der Waals surface area contributed by atoms with E-state index in [4.69, 9.17) is 13.3 Å². The van der Waals surface area contributed by atoms with Gasteiger partial charge >= 0.3 is 0 Å². The summed E-state index contributed by atoms with van der Waals surface area (Å²) in [4.78, 5) is 4.75. The fourth-order valence-corrected chi connectivity index (χ4v) is 14.5. The lowest BCUT2D eigenvalue weighted by Crippen LogP contribution is -2.13. The van der Waals surface area contributed by atoms with Crippen molar-refractivity contribution in [1.82, 2.24) is 4.40 Å². The molecule has 6 nitrogen and oxygen atoms in total. The van der Waals surface area contributed by atoms with Gasteiger partial charge in [0.1, 0.15) is 22.3 Å². The molecule has 0 saturated heterocycles. The molecular weight excluding hydrogens is 1100 g/mol. The van der Waals surface area contributed by atoms with E-state index in [1.165, 1.54) is 38.2 Å². The number of fused-ring (bicyclic) bond motifs is 17. The third kappa shape index (κ3) is 7.90. The van der Waals surface area contributed by atoms with E-state index in [1.807, 2.05) is 0 Å². The zero-order valence-electron chi connectivity index (χ0n) is 50.9. The lowest BCUT2D eigenvalue weighted by Gasteiger charge is -2.28. The largest absolute Gasteiger partial charge is 0.455 e. The van der Waals surface area contributed by atoms with E-state index in [1.54, 1.807) is 0 Å². The summed E-state index contributed by atoms with van der Waals surface area (Å²) in [6.45, 7) is 13.6. The van der Waals surface area contributed by atoms with Gasteiger partial charge in [-0.05, 0) is 153 Å². The van der Waals surface area contributed by atoms with Crippen LogP contribution in [0.4, 0.5) is 34.1 Å². The molecule has 0 bridgehead atoms. The maximum atomic E-state index is 7.25. The molecule has 5 heterocycles. The summed E-state index contributed by atoms with van der Waals surface area (Å²) >= 11 is 0. The first-order chi connectivity index (χ1) is 43.9. The Morgan fingerprint density at radius 3 is 1.37 bits per heavy atom. The summed E-state index contributed by atoms with van der Waals surface area (Å²) in [6.07, 6.45) is 0. The Morgan fingerprint density at radius 2 is 0.767 bits per heavy atom. The topological polar surface area (TPSA) is 50.3 Å². The molecule has 0 N–H and O–H groups in total. The molecule has 13 aromatic carbocycles. The van der Waals surface area contributed by atoms with Crippen molar-refractivity contribution in [1.29, 1.82) is 0 Å². The van der Waals surface area contributed by atoms with Crippen molar-refractivity contribution >= 4 is 149 Å². The van der Waals surface area contributed by atoms with Gasteiger partial charge in [0.25, 0.3) is 0 Å². The van der Waals surface area contributed by atoms with Crippen molar-refractivity contribution in [2.45, 2.75) is 52.4 Å². The molecule has 5 aromatic heterocycles. The highest BCUT2D eigenvalue weighted by molar-refractivity contribution is 6.30. The monoisotopic (exact) mass is 1160 g/mol. The number of hydrogen-bond donors (Lipinski definition) is 0. The predicted molar refractivity (Wildman–Crippen MR) is 378 cm³/mol. The normalized spacial score (nSPS) is 12.6. The number of para-hydroxylation sites is 3. The zero-order chi connectivity index (χ0) is 60.3. The Labute approximate surface area is 520 Å². The first-order valence-corrected chi connectivity index (χ1v) is 31.2. The van der Waals surface area contributed by atoms with Gasteiger partial charge in [-0.1, -0.05) is 193 Å². The maximum absolute atomic E-state index is 7.25. The predicted octanol–water partition coefficient (Wildman–Crippen LogP) is 24.6. The second-order valence-electron chi connectivity index (χ2n) is 26.5. The summed E-state index contributed by atoms with van der Waals surface area (Å²) in [7, 11) is 0. The molecule has 0 spiro atoms. The molecule has 18 rings (SSSR count). The van der Waals surface area contributed by atoms with Crippen LogP contribution >= 0.6 is 0 Å². The Kier molecular flexibility index (Phi) is 11.1. The Bertz CT molecular complexity index is 5910. The number of hydrogen-bond acceptors (Lipinski definition) is 5. The van der Waals surface area contributed by atoms with Gasteiger partial charge in [-0.15, -0.1) is 0 Å². The van der Waals surface area contributed by atoms with Crippen molar-refractivity contribution in [2.75, 3.05) is 9.80 Å². The second kappa shape index (κ2) is 19.2. The highest BCUT2D eigenvalue weighted by Gasteiger charge is 2.29. The van der Waals surface area contributed by atoms with Gasteiger partial charge in [0.15, 0.2) is 11.2 Å². The molecule has 430 valence electrons. The van der Waals surface area contributed by atoms with Gasteiger partial charge in [0.05, 0.1) is 39.3 Å². The molecule has 0 fully saturated rings. The van der Waals surface area contributed by atoms with Gasteiger partial charge in [-0.2, -0.15) is 0 Å². The fraction of sp³-hybridized carbons (Fsp3) is 0.0952. The first-order valence-electron chi connectivity index (χ1n) is 31.2. The summed E-state index contributed by atoms with van der Waals surface area (Å²) < 4.78 is 23.8. The minimum Gasteiger partial charge on any atom is -0.455 e. The van der Waals surface area contributed by atoms with Crippen molar-refractivity contribution in [3.8, 4) is 22.3 Å². The highest BCUT2D eigenvalue weighted by Crippen LogP contribution is 2.52. The number of anilines is 6. The van der Waals surface area contributed by atoms with Crippen LogP contribution in [0.5, 0.6) is 0 Å². The quantitative estimate of drug-likeness (QED) is 0.152. The average molecular weight is 1160 g/mol. The molecular formula is C84H61N3O3. The molecule has 0 radical (unpaired) electrons. The van der Waals surface area contributed by atoms with Crippen LogP contribution in [-0.2, 0) is 10.8 Å². The van der Waals surface area contributed by atoms with Crippen LogP contribution in [-0.4, -0.2) is 4.40 Å². The van der Waals surface area contributed by atoms with E-state index in [0.717, 1.165) is 144 Å². The second-order valence-corrected chi connectivity index (χ2v) is 26.5. The van der Waals surface area contributed by atoms with Crippen molar-refractivity contribution < 1.29 is 13.3 Å². The van der Waals surface area contributed by atoms with Gasteiger partial charge in [-0.3, -0.25) is 0 Å². The lowest BCUT2D eigenvalue weighted by molar-refractivity contribution is 0.590. The van der Waals surface area contributed by atoms with Gasteiger partial charge in [-0.25, -0.2) is 0 Å². The smallest absolute Gasteiger partial charge is 0.159 e. The van der Waals surface area contributed by atoms with Crippen molar-refractivity contribution in [3.63, 3.8) is 0 Å². The van der Waals surface area contributed by atoms with E-state index in [0.29, 0.717) is 0 Å². The van der Waals surface area contributed by atoms with Crippen molar-refractivity contribution in [2.24, 2.45) is 0 Å². The first kappa shape index (κ1) is 52.1. The van der Waals surface area contributed by atoms with E-state index >= 15 is 0 Å². The molecule has 90 heavy (non-hydrogen) atoms. The standard InChI is InChI=1S/C84H61N3O3/c1-83(2,3)55-30-34-57(35-31-55)85(72-25-15-22-64-60-39-27-52(46-75(60)89-81(64)72)50-17-9-7-10-18-50)59-38-42-62-66-41-29-54-45-69-63-43-44-71(78-67-21-13-14-24-70(67)87(79(63)78)74(69)49-68(54)80(66)88-77(62)48-59)86(58-36-32-56(33-37-58)84(4,5)6)73-26-16-23-65-61-40-28-53(47-76(61)90-82(65)73)51-19-11-8-12-20-51/h7-49H,1-6H3. The molecule has 0 saturated carbocycles. The summed E-state index contributed by atoms with van der Waals surface area (Å²) in [6, 6.07) is 94.9. The van der Waals surface area contributed by atoms with E-state index in [9.17, 15) is 0 Å². The van der Waals surface area contributed by atoms with Crippen molar-refractivity contribution in [3.05, 3.63) is 272 Å². The number of aromatic nitrogens is 1. The minimum atomic E-state index is -0.0199. The zero-order valence-corrected chi connectivity index (χ0v) is 50.9. The summed E-state index contributed by atoms with van der Waals surface area (Å²) in [5.41, 5.74) is 21.6. The molecule has 0 aliphatic heterocycles. The average Bonchev–Trinajstić information content (AvgIpc) is 1.53. The molecule has 18 aromatic rings. The van der Waals surface area contributed by atoms with E-state index in [2.05, 4.69) is 317 Å².